The lowest BCUT2D eigenvalue weighted by atomic mass is 10.0. The van der Waals surface area contributed by atoms with Gasteiger partial charge in [-0.05, 0) is 25.0 Å². The highest BCUT2D eigenvalue weighted by Gasteiger charge is 2.45. The molecule has 0 N–H and O–H groups in total. The number of benzene rings is 2. The number of Topliss-reactive ketones (excluding diaryl/α,β-unsaturated/α-hetero) is 1. The summed E-state index contributed by atoms with van der Waals surface area (Å²) in [6.45, 7) is 4.92. The van der Waals surface area contributed by atoms with Crippen molar-refractivity contribution in [1.29, 1.82) is 0 Å². The SMILES string of the molecule is CC(C)[C@@H](C(=O)O[C@H](C)C(=O)c1ccccc1)N1C(=O)c2ccccc2C1=O. The van der Waals surface area contributed by atoms with Crippen molar-refractivity contribution in [3.63, 3.8) is 0 Å². The van der Waals surface area contributed by atoms with Crippen molar-refractivity contribution >= 4 is 23.6 Å². The van der Waals surface area contributed by atoms with E-state index in [2.05, 4.69) is 0 Å². The summed E-state index contributed by atoms with van der Waals surface area (Å²) in [6, 6.07) is 13.8. The molecule has 0 saturated heterocycles. The predicted molar refractivity (Wildman–Crippen MR) is 102 cm³/mol. The van der Waals surface area contributed by atoms with Crippen molar-refractivity contribution < 1.29 is 23.9 Å². The first-order valence-electron chi connectivity index (χ1n) is 9.09. The van der Waals surface area contributed by atoms with Gasteiger partial charge in [-0.15, -0.1) is 0 Å². The highest BCUT2D eigenvalue weighted by atomic mass is 16.5. The summed E-state index contributed by atoms with van der Waals surface area (Å²) in [7, 11) is 0. The lowest BCUT2D eigenvalue weighted by Crippen LogP contribution is -2.49. The van der Waals surface area contributed by atoms with Crippen LogP contribution < -0.4 is 0 Å². The number of hydrogen-bond donors (Lipinski definition) is 0. The Morgan fingerprint density at radius 2 is 1.32 bits per heavy atom. The molecule has 144 valence electrons. The lowest BCUT2D eigenvalue weighted by Gasteiger charge is -2.28. The Morgan fingerprint density at radius 1 is 0.821 bits per heavy atom. The summed E-state index contributed by atoms with van der Waals surface area (Å²) in [4.78, 5) is 51.7. The van der Waals surface area contributed by atoms with Gasteiger partial charge in [0.1, 0.15) is 6.04 Å². The molecule has 0 spiro atoms. The Morgan fingerprint density at radius 3 is 1.82 bits per heavy atom. The fourth-order valence-corrected chi connectivity index (χ4v) is 3.27. The number of carbonyl (C=O) groups is 4. The van der Waals surface area contributed by atoms with Gasteiger partial charge in [0.25, 0.3) is 11.8 Å². The molecule has 1 aliphatic heterocycles. The highest BCUT2D eigenvalue weighted by Crippen LogP contribution is 2.28. The number of rotatable bonds is 6. The molecule has 0 aromatic heterocycles. The van der Waals surface area contributed by atoms with Crippen LogP contribution in [0.3, 0.4) is 0 Å². The molecule has 3 rings (SSSR count). The summed E-state index contributed by atoms with van der Waals surface area (Å²) in [5.41, 5.74) is 0.948. The molecule has 2 aromatic carbocycles. The van der Waals surface area contributed by atoms with Gasteiger partial charge in [-0.3, -0.25) is 19.3 Å². The van der Waals surface area contributed by atoms with Crippen LogP contribution in [-0.2, 0) is 9.53 Å². The van der Waals surface area contributed by atoms with Gasteiger partial charge in [0.05, 0.1) is 11.1 Å². The summed E-state index contributed by atoms with van der Waals surface area (Å²) >= 11 is 0. The van der Waals surface area contributed by atoms with E-state index in [-0.39, 0.29) is 22.8 Å². The number of nitrogens with zero attached hydrogens (tertiary/aromatic N) is 1. The van der Waals surface area contributed by atoms with Crippen molar-refractivity contribution in [2.45, 2.75) is 32.9 Å². The highest BCUT2D eigenvalue weighted by molar-refractivity contribution is 6.22. The van der Waals surface area contributed by atoms with E-state index < -0.39 is 29.9 Å². The fourth-order valence-electron chi connectivity index (χ4n) is 3.27. The third kappa shape index (κ3) is 3.45. The first-order valence-corrected chi connectivity index (χ1v) is 9.09. The molecule has 0 aliphatic carbocycles. The normalized spacial score (nSPS) is 15.4. The lowest BCUT2D eigenvalue weighted by molar-refractivity contribution is -0.152. The second-order valence-electron chi connectivity index (χ2n) is 7.02. The Kier molecular flexibility index (Phi) is 5.40. The van der Waals surface area contributed by atoms with Gasteiger partial charge in [0, 0.05) is 5.56 Å². The van der Waals surface area contributed by atoms with E-state index in [4.69, 9.17) is 4.74 Å². The van der Waals surface area contributed by atoms with Crippen molar-refractivity contribution in [2.24, 2.45) is 5.92 Å². The van der Waals surface area contributed by atoms with Gasteiger partial charge in [-0.25, -0.2) is 4.79 Å². The van der Waals surface area contributed by atoms with E-state index in [1.165, 1.54) is 6.92 Å². The molecule has 6 heteroatoms. The number of hydrogen-bond acceptors (Lipinski definition) is 5. The number of ketones is 1. The van der Waals surface area contributed by atoms with E-state index in [1.54, 1.807) is 68.4 Å². The van der Waals surface area contributed by atoms with Gasteiger partial charge in [0.15, 0.2) is 6.10 Å². The molecular formula is C22H21NO5. The van der Waals surface area contributed by atoms with E-state index in [0.29, 0.717) is 5.56 Å². The van der Waals surface area contributed by atoms with Crippen LogP contribution >= 0.6 is 0 Å². The second-order valence-corrected chi connectivity index (χ2v) is 7.02. The van der Waals surface area contributed by atoms with Crippen molar-refractivity contribution in [3.8, 4) is 0 Å². The van der Waals surface area contributed by atoms with Crippen molar-refractivity contribution in [2.75, 3.05) is 0 Å². The van der Waals surface area contributed by atoms with Gasteiger partial charge in [0.2, 0.25) is 5.78 Å². The van der Waals surface area contributed by atoms with Crippen LogP contribution in [0.4, 0.5) is 0 Å². The second kappa shape index (κ2) is 7.76. The zero-order valence-electron chi connectivity index (χ0n) is 15.9. The first kappa shape index (κ1) is 19.5. The third-order valence-electron chi connectivity index (χ3n) is 4.70. The summed E-state index contributed by atoms with van der Waals surface area (Å²) in [5, 5.41) is 0. The molecule has 0 fully saturated rings. The van der Waals surface area contributed by atoms with E-state index in [9.17, 15) is 19.2 Å². The maximum atomic E-state index is 12.8. The molecule has 1 aliphatic rings. The van der Waals surface area contributed by atoms with Gasteiger partial charge >= 0.3 is 5.97 Å². The minimum atomic E-state index is -1.11. The zero-order valence-corrected chi connectivity index (χ0v) is 15.9. The number of imide groups is 1. The molecule has 2 aromatic rings. The van der Waals surface area contributed by atoms with Crippen LogP contribution in [-0.4, -0.2) is 40.6 Å². The van der Waals surface area contributed by atoms with Crippen molar-refractivity contribution in [1.82, 2.24) is 4.90 Å². The number of fused-ring (bicyclic) bond motifs is 1. The van der Waals surface area contributed by atoms with Crippen molar-refractivity contribution in [3.05, 3.63) is 71.3 Å². The number of ether oxygens (including phenoxy) is 1. The molecule has 0 saturated carbocycles. The number of esters is 1. The largest absolute Gasteiger partial charge is 0.453 e. The molecule has 6 nitrogen and oxygen atoms in total. The topological polar surface area (TPSA) is 80.8 Å². The third-order valence-corrected chi connectivity index (χ3v) is 4.70. The summed E-state index contributed by atoms with van der Waals surface area (Å²) in [6.07, 6.45) is -1.04. The van der Waals surface area contributed by atoms with E-state index in [0.717, 1.165) is 4.90 Å². The Balaban J connectivity index is 1.81. The zero-order chi connectivity index (χ0) is 20.4. The monoisotopic (exact) mass is 379 g/mol. The standard InChI is InChI=1S/C22H21NO5/c1-13(2)18(23-20(25)16-11-7-8-12-17(16)21(23)26)22(27)28-14(3)19(24)15-9-5-4-6-10-15/h4-14,18H,1-3H3/t14-,18+/m1/s1. The van der Waals surface area contributed by atoms with Crippen LogP contribution in [0, 0.1) is 5.92 Å². The van der Waals surface area contributed by atoms with Crippen LogP contribution in [0.2, 0.25) is 0 Å². The average Bonchev–Trinajstić information content (AvgIpc) is 2.93. The smallest absolute Gasteiger partial charge is 0.330 e. The van der Waals surface area contributed by atoms with E-state index >= 15 is 0 Å². The fraction of sp³-hybridized carbons (Fsp3) is 0.273. The molecule has 28 heavy (non-hydrogen) atoms. The average molecular weight is 379 g/mol. The quantitative estimate of drug-likeness (QED) is 0.438. The molecule has 0 bridgehead atoms. The molecule has 2 amide bonds. The van der Waals surface area contributed by atoms with Gasteiger partial charge < -0.3 is 4.74 Å². The molecule has 0 radical (unpaired) electrons. The minimum absolute atomic E-state index is 0.263. The maximum absolute atomic E-state index is 12.8. The van der Waals surface area contributed by atoms with Crippen LogP contribution in [0.25, 0.3) is 0 Å². The van der Waals surface area contributed by atoms with Crippen LogP contribution in [0.1, 0.15) is 51.8 Å². The Bertz CT molecular complexity index is 900. The molecule has 2 atom stereocenters. The van der Waals surface area contributed by atoms with Gasteiger partial charge in [-0.2, -0.15) is 0 Å². The number of amides is 2. The first-order chi connectivity index (χ1) is 13.3. The van der Waals surface area contributed by atoms with Crippen LogP contribution in [0.5, 0.6) is 0 Å². The summed E-state index contributed by atoms with van der Waals surface area (Å²) in [5.74, 6) is -2.56. The molecule has 1 heterocycles. The maximum Gasteiger partial charge on any atom is 0.330 e. The minimum Gasteiger partial charge on any atom is -0.453 e. The van der Waals surface area contributed by atoms with Crippen LogP contribution in [0.15, 0.2) is 54.6 Å². The molecule has 0 unspecified atom stereocenters. The van der Waals surface area contributed by atoms with E-state index in [1.807, 2.05) is 0 Å². The number of carbonyl (C=O) groups excluding carboxylic acids is 4. The Hall–Kier alpha value is -3.28. The molecular weight excluding hydrogens is 358 g/mol. The van der Waals surface area contributed by atoms with Gasteiger partial charge in [-0.1, -0.05) is 56.3 Å². The predicted octanol–water partition coefficient (Wildman–Crippen LogP) is 3.12. The summed E-state index contributed by atoms with van der Waals surface area (Å²) < 4.78 is 5.36. The Labute approximate surface area is 163 Å².